The molecule has 0 bridgehead atoms. The van der Waals surface area contributed by atoms with Crippen LogP contribution in [-0.4, -0.2) is 70.4 Å². The molecule has 2 saturated heterocycles. The normalized spacial score (nSPS) is 17.7. The molecule has 2 heterocycles. The van der Waals surface area contributed by atoms with Crippen LogP contribution in [0.5, 0.6) is 0 Å². The van der Waals surface area contributed by atoms with Crippen LogP contribution in [-0.2, 0) is 16.3 Å². The standard InChI is InChI=1S/C32H39N3O3S/c1-33(2)31-11-7-6-10-30(31)32(36)35-22-18-27(19-23-35)34-20-16-26(17-21-34)24-25-12-14-29(15-13-25)39(37,38)28-8-4-3-5-9-28/h3-15,26-27H,16-24H2,1-2H3. The highest BCUT2D eigenvalue weighted by Crippen LogP contribution is 2.29. The number of likely N-dealkylation sites (tertiary alicyclic amines) is 2. The van der Waals surface area contributed by atoms with Gasteiger partial charge in [0.25, 0.3) is 5.91 Å². The van der Waals surface area contributed by atoms with Crippen LogP contribution in [0.3, 0.4) is 0 Å². The van der Waals surface area contributed by atoms with Crippen molar-refractivity contribution >= 4 is 21.4 Å². The SMILES string of the molecule is CN(C)c1ccccc1C(=O)N1CCC(N2CCC(Cc3ccc(S(=O)(=O)c4ccccc4)cc3)CC2)CC1. The number of carbonyl (C=O) groups excluding carboxylic acids is 1. The first-order chi connectivity index (χ1) is 18.8. The molecule has 0 radical (unpaired) electrons. The number of anilines is 1. The molecule has 0 aliphatic carbocycles. The minimum Gasteiger partial charge on any atom is -0.377 e. The van der Waals surface area contributed by atoms with Crippen molar-refractivity contribution < 1.29 is 13.2 Å². The van der Waals surface area contributed by atoms with E-state index in [1.54, 1.807) is 36.4 Å². The summed E-state index contributed by atoms with van der Waals surface area (Å²) in [6.45, 7) is 3.80. The van der Waals surface area contributed by atoms with Crippen molar-refractivity contribution in [3.8, 4) is 0 Å². The van der Waals surface area contributed by atoms with Gasteiger partial charge in [0.15, 0.2) is 0 Å². The van der Waals surface area contributed by atoms with E-state index in [2.05, 4.69) is 4.90 Å². The van der Waals surface area contributed by atoms with Gasteiger partial charge in [0.2, 0.25) is 9.84 Å². The van der Waals surface area contributed by atoms with Crippen LogP contribution < -0.4 is 4.90 Å². The average molecular weight is 546 g/mol. The highest BCUT2D eigenvalue weighted by molar-refractivity contribution is 7.91. The monoisotopic (exact) mass is 545 g/mol. The van der Waals surface area contributed by atoms with Gasteiger partial charge < -0.3 is 14.7 Å². The van der Waals surface area contributed by atoms with Crippen molar-refractivity contribution in [2.45, 2.75) is 47.9 Å². The van der Waals surface area contributed by atoms with Crippen LogP contribution in [0.2, 0.25) is 0 Å². The van der Waals surface area contributed by atoms with Gasteiger partial charge in [-0.05, 0) is 93.1 Å². The Morgan fingerprint density at radius 1 is 0.769 bits per heavy atom. The molecule has 3 aromatic carbocycles. The highest BCUT2D eigenvalue weighted by Gasteiger charge is 2.30. The maximum absolute atomic E-state index is 13.2. The van der Waals surface area contributed by atoms with E-state index in [0.29, 0.717) is 21.8 Å². The molecule has 0 saturated carbocycles. The molecule has 2 aliphatic rings. The van der Waals surface area contributed by atoms with Gasteiger partial charge in [-0.2, -0.15) is 0 Å². The molecule has 6 nitrogen and oxygen atoms in total. The number of para-hydroxylation sites is 1. The second-order valence-electron chi connectivity index (χ2n) is 11.1. The minimum atomic E-state index is -3.47. The van der Waals surface area contributed by atoms with E-state index >= 15 is 0 Å². The number of rotatable bonds is 7. The van der Waals surface area contributed by atoms with Crippen LogP contribution in [0.15, 0.2) is 88.7 Å². The third-order valence-corrected chi connectivity index (χ3v) is 10.1. The van der Waals surface area contributed by atoms with Crippen LogP contribution in [0, 0.1) is 5.92 Å². The fourth-order valence-corrected chi connectivity index (χ4v) is 7.33. The van der Waals surface area contributed by atoms with Crippen LogP contribution in [0.4, 0.5) is 5.69 Å². The molecule has 5 rings (SSSR count). The van der Waals surface area contributed by atoms with Gasteiger partial charge in [0, 0.05) is 38.9 Å². The van der Waals surface area contributed by atoms with E-state index in [1.165, 1.54) is 5.56 Å². The van der Waals surface area contributed by atoms with E-state index in [-0.39, 0.29) is 5.91 Å². The lowest BCUT2D eigenvalue weighted by Gasteiger charge is -2.42. The molecule has 0 atom stereocenters. The second-order valence-corrected chi connectivity index (χ2v) is 13.0. The second kappa shape index (κ2) is 11.9. The summed E-state index contributed by atoms with van der Waals surface area (Å²) in [5.74, 6) is 0.751. The molecular weight excluding hydrogens is 506 g/mol. The summed E-state index contributed by atoms with van der Waals surface area (Å²) in [6, 6.07) is 24.5. The van der Waals surface area contributed by atoms with Crippen molar-refractivity contribution in [3.63, 3.8) is 0 Å². The lowest BCUT2D eigenvalue weighted by Crippen LogP contribution is -2.49. The van der Waals surface area contributed by atoms with E-state index < -0.39 is 9.84 Å². The molecular formula is C32H39N3O3S. The van der Waals surface area contributed by atoms with Gasteiger partial charge in [-0.15, -0.1) is 0 Å². The van der Waals surface area contributed by atoms with Gasteiger partial charge in [-0.3, -0.25) is 4.79 Å². The van der Waals surface area contributed by atoms with Gasteiger partial charge in [0.1, 0.15) is 0 Å². The smallest absolute Gasteiger partial charge is 0.255 e. The molecule has 0 unspecified atom stereocenters. The molecule has 0 aromatic heterocycles. The largest absolute Gasteiger partial charge is 0.377 e. The summed E-state index contributed by atoms with van der Waals surface area (Å²) in [4.78, 5) is 20.6. The summed E-state index contributed by atoms with van der Waals surface area (Å²) in [5, 5.41) is 0. The first-order valence-corrected chi connectivity index (χ1v) is 15.5. The van der Waals surface area contributed by atoms with E-state index in [4.69, 9.17) is 0 Å². The molecule has 0 spiro atoms. The number of amides is 1. The van der Waals surface area contributed by atoms with E-state index in [9.17, 15) is 13.2 Å². The number of benzene rings is 3. The quantitative estimate of drug-likeness (QED) is 0.411. The lowest BCUT2D eigenvalue weighted by atomic mass is 9.88. The van der Waals surface area contributed by atoms with Crippen molar-refractivity contribution in [2.24, 2.45) is 5.92 Å². The molecule has 206 valence electrons. The van der Waals surface area contributed by atoms with Gasteiger partial charge in [-0.25, -0.2) is 8.42 Å². The Bertz CT molecular complexity index is 1360. The Hall–Kier alpha value is -3.16. The Labute approximate surface area is 233 Å². The molecule has 0 N–H and O–H groups in total. The van der Waals surface area contributed by atoms with Gasteiger partial charge >= 0.3 is 0 Å². The third kappa shape index (κ3) is 6.20. The molecule has 2 aliphatic heterocycles. The average Bonchev–Trinajstić information content (AvgIpc) is 2.98. The zero-order valence-corrected chi connectivity index (χ0v) is 23.8. The molecule has 7 heteroatoms. The maximum Gasteiger partial charge on any atom is 0.255 e. The Morgan fingerprint density at radius 2 is 1.36 bits per heavy atom. The number of sulfone groups is 1. The van der Waals surface area contributed by atoms with Crippen LogP contribution in [0.1, 0.15) is 41.6 Å². The van der Waals surface area contributed by atoms with Crippen LogP contribution in [0.25, 0.3) is 0 Å². The summed E-state index contributed by atoms with van der Waals surface area (Å²) in [5.41, 5.74) is 2.96. The summed E-state index contributed by atoms with van der Waals surface area (Å²) in [7, 11) is 0.486. The summed E-state index contributed by atoms with van der Waals surface area (Å²) in [6.07, 6.45) is 5.34. The number of nitrogens with zero attached hydrogens (tertiary/aromatic N) is 3. The van der Waals surface area contributed by atoms with Crippen molar-refractivity contribution in [1.29, 1.82) is 0 Å². The van der Waals surface area contributed by atoms with E-state index in [0.717, 1.165) is 69.5 Å². The summed E-state index contributed by atoms with van der Waals surface area (Å²) >= 11 is 0. The number of piperidine rings is 2. The van der Waals surface area contributed by atoms with Crippen molar-refractivity contribution in [1.82, 2.24) is 9.80 Å². The number of hydrogen-bond donors (Lipinski definition) is 0. The van der Waals surface area contributed by atoms with Gasteiger partial charge in [0.05, 0.1) is 15.4 Å². The predicted octanol–water partition coefficient (Wildman–Crippen LogP) is 5.14. The summed E-state index contributed by atoms with van der Waals surface area (Å²) < 4.78 is 25.7. The first kappa shape index (κ1) is 27.4. The lowest BCUT2D eigenvalue weighted by molar-refractivity contribution is 0.0552. The Kier molecular flexibility index (Phi) is 8.38. The first-order valence-electron chi connectivity index (χ1n) is 14.0. The molecule has 2 fully saturated rings. The zero-order valence-electron chi connectivity index (χ0n) is 23.0. The Morgan fingerprint density at radius 3 is 2.00 bits per heavy atom. The zero-order chi connectivity index (χ0) is 27.4. The van der Waals surface area contributed by atoms with Gasteiger partial charge in [-0.1, -0.05) is 42.5 Å². The van der Waals surface area contributed by atoms with E-state index in [1.807, 2.05) is 66.4 Å². The Balaban J connectivity index is 1.10. The topological polar surface area (TPSA) is 60.9 Å². The van der Waals surface area contributed by atoms with Crippen molar-refractivity contribution in [2.75, 3.05) is 45.2 Å². The third-order valence-electron chi connectivity index (χ3n) is 8.35. The highest BCUT2D eigenvalue weighted by atomic mass is 32.2. The number of hydrogen-bond acceptors (Lipinski definition) is 5. The predicted molar refractivity (Wildman–Crippen MR) is 156 cm³/mol. The van der Waals surface area contributed by atoms with Crippen molar-refractivity contribution in [3.05, 3.63) is 90.0 Å². The maximum atomic E-state index is 13.2. The molecule has 39 heavy (non-hydrogen) atoms. The fraction of sp³-hybridized carbons (Fsp3) is 0.406. The molecule has 3 aromatic rings. The fourth-order valence-electron chi connectivity index (χ4n) is 6.04. The number of carbonyl (C=O) groups is 1. The molecule has 1 amide bonds. The minimum absolute atomic E-state index is 0.138. The van der Waals surface area contributed by atoms with Crippen LogP contribution >= 0.6 is 0 Å².